The maximum atomic E-state index is 13.6. The molecule has 10 heteroatoms. The first-order valence-corrected chi connectivity index (χ1v) is 12.8. The van der Waals surface area contributed by atoms with Crippen molar-refractivity contribution in [3.63, 3.8) is 0 Å². The minimum absolute atomic E-state index is 0.0245. The molecule has 1 atom stereocenters. The zero-order valence-electron chi connectivity index (χ0n) is 21.5. The second kappa shape index (κ2) is 11.4. The van der Waals surface area contributed by atoms with Gasteiger partial charge in [-0.2, -0.15) is 0 Å². The lowest BCUT2D eigenvalue weighted by Crippen LogP contribution is -2.42. The summed E-state index contributed by atoms with van der Waals surface area (Å²) in [5, 5.41) is 0. The molecule has 0 bridgehead atoms. The lowest BCUT2D eigenvalue weighted by molar-refractivity contribution is -0.138. The van der Waals surface area contributed by atoms with Crippen LogP contribution in [-0.2, 0) is 19.1 Å². The van der Waals surface area contributed by atoms with E-state index in [0.29, 0.717) is 21.6 Å². The third kappa shape index (κ3) is 4.95. The molecule has 198 valence electrons. The normalized spacial score (nSPS) is 15.2. The van der Waals surface area contributed by atoms with Crippen molar-refractivity contribution in [3.8, 4) is 11.5 Å². The van der Waals surface area contributed by atoms with Crippen LogP contribution in [0.5, 0.6) is 11.5 Å². The monoisotopic (exact) mass is 536 g/mol. The van der Waals surface area contributed by atoms with Gasteiger partial charge in [0.2, 0.25) is 0 Å². The van der Waals surface area contributed by atoms with Crippen molar-refractivity contribution in [2.75, 3.05) is 27.4 Å². The maximum absolute atomic E-state index is 13.6. The molecule has 0 radical (unpaired) electrons. The molecule has 0 spiro atoms. The number of hydrogen-bond acceptors (Lipinski definition) is 9. The van der Waals surface area contributed by atoms with Crippen molar-refractivity contribution in [1.82, 2.24) is 4.57 Å². The molecule has 1 aliphatic rings. The Bertz CT molecular complexity index is 1600. The summed E-state index contributed by atoms with van der Waals surface area (Å²) in [4.78, 5) is 40.4. The molecule has 4 rings (SSSR count). The number of methoxy groups -OCH3 is 2. The Morgan fingerprint density at radius 2 is 1.55 bits per heavy atom. The highest BCUT2D eigenvalue weighted by Gasteiger charge is 2.40. The van der Waals surface area contributed by atoms with E-state index in [1.165, 1.54) is 11.7 Å². The zero-order valence-corrected chi connectivity index (χ0v) is 22.3. The number of fused-ring (bicyclic) bond motifs is 1. The van der Waals surface area contributed by atoms with Gasteiger partial charge in [0.1, 0.15) is 22.0 Å². The van der Waals surface area contributed by atoms with Gasteiger partial charge in [0.15, 0.2) is 0 Å². The van der Waals surface area contributed by atoms with Gasteiger partial charge >= 0.3 is 11.9 Å². The summed E-state index contributed by atoms with van der Waals surface area (Å²) < 4.78 is 23.2. The summed E-state index contributed by atoms with van der Waals surface area (Å²) in [6, 6.07) is 14.2. The molecular formula is C28H28N2O7S. The van der Waals surface area contributed by atoms with Gasteiger partial charge < -0.3 is 24.7 Å². The molecule has 0 fully saturated rings. The number of benzene rings is 2. The van der Waals surface area contributed by atoms with E-state index < -0.39 is 23.4 Å². The molecule has 1 aliphatic heterocycles. The van der Waals surface area contributed by atoms with Crippen LogP contribution in [0.2, 0.25) is 0 Å². The molecule has 38 heavy (non-hydrogen) atoms. The lowest BCUT2D eigenvalue weighted by Gasteiger charge is -2.27. The SMILES string of the molecule is CCOC(=O)C1=C(N)n2c(s/c(=C/c3cccc(OC)c3)c2=O)=C(C(=O)OCC)[C@H]1c1cccc(OC)c1. The Kier molecular flexibility index (Phi) is 8.02. The van der Waals surface area contributed by atoms with Crippen LogP contribution in [0.4, 0.5) is 0 Å². The van der Waals surface area contributed by atoms with E-state index in [2.05, 4.69) is 0 Å². The van der Waals surface area contributed by atoms with Crippen LogP contribution in [0.1, 0.15) is 30.9 Å². The number of thiazole rings is 1. The summed E-state index contributed by atoms with van der Waals surface area (Å²) >= 11 is 1.09. The number of nitrogens with zero attached hydrogens (tertiary/aromatic N) is 1. The lowest BCUT2D eigenvalue weighted by atomic mass is 9.83. The highest BCUT2D eigenvalue weighted by molar-refractivity contribution is 7.07. The van der Waals surface area contributed by atoms with Gasteiger partial charge in [0.25, 0.3) is 5.56 Å². The summed E-state index contributed by atoms with van der Waals surface area (Å²) in [6.45, 7) is 3.52. The van der Waals surface area contributed by atoms with Crippen LogP contribution in [-0.4, -0.2) is 43.9 Å². The Hall–Kier alpha value is -4.31. The first kappa shape index (κ1) is 26.7. The van der Waals surface area contributed by atoms with Crippen LogP contribution in [0, 0.1) is 0 Å². The number of carbonyl (C=O) groups is 2. The largest absolute Gasteiger partial charge is 0.497 e. The predicted octanol–water partition coefficient (Wildman–Crippen LogP) is 1.96. The fourth-order valence-electron chi connectivity index (χ4n) is 4.30. The number of aromatic nitrogens is 1. The summed E-state index contributed by atoms with van der Waals surface area (Å²) in [6.07, 6.45) is 1.68. The number of hydrogen-bond donors (Lipinski definition) is 1. The third-order valence-electron chi connectivity index (χ3n) is 5.96. The van der Waals surface area contributed by atoms with Gasteiger partial charge in [-0.15, -0.1) is 11.3 Å². The van der Waals surface area contributed by atoms with Crippen molar-refractivity contribution in [1.29, 1.82) is 0 Å². The Morgan fingerprint density at radius 1 is 0.947 bits per heavy atom. The molecule has 3 aromatic rings. The third-order valence-corrected chi connectivity index (χ3v) is 7.07. The fraction of sp³-hybridized carbons (Fsp3) is 0.250. The molecule has 0 amide bonds. The number of rotatable bonds is 8. The van der Waals surface area contributed by atoms with E-state index in [9.17, 15) is 14.4 Å². The standard InChI is InChI=1S/C28H28N2O7S/c1-5-36-27(32)22-21(17-10-8-12-19(15-17)35-4)23(28(33)37-6-2)26-30(24(22)29)25(31)20(38-26)14-16-9-7-11-18(13-16)34-3/h7-15,21H,5-6,29H2,1-4H3/b20-14+/t21-/m0/s1. The maximum Gasteiger partial charge on any atom is 0.338 e. The molecule has 0 unspecified atom stereocenters. The smallest absolute Gasteiger partial charge is 0.338 e. The summed E-state index contributed by atoms with van der Waals surface area (Å²) in [7, 11) is 3.07. The topological polar surface area (TPSA) is 119 Å². The molecular weight excluding hydrogens is 508 g/mol. The van der Waals surface area contributed by atoms with Crippen LogP contribution in [0.15, 0.2) is 58.9 Å². The van der Waals surface area contributed by atoms with Crippen molar-refractivity contribution in [3.05, 3.63) is 84.8 Å². The highest BCUT2D eigenvalue weighted by Crippen LogP contribution is 2.38. The molecule has 2 aromatic carbocycles. The molecule has 2 N–H and O–H groups in total. The van der Waals surface area contributed by atoms with Crippen LogP contribution in [0.3, 0.4) is 0 Å². The van der Waals surface area contributed by atoms with Crippen LogP contribution < -0.4 is 30.0 Å². The van der Waals surface area contributed by atoms with Gasteiger partial charge in [-0.25, -0.2) is 9.59 Å². The predicted molar refractivity (Wildman–Crippen MR) is 144 cm³/mol. The second-order valence-corrected chi connectivity index (χ2v) is 9.23. The first-order chi connectivity index (χ1) is 18.3. The van der Waals surface area contributed by atoms with Crippen molar-refractivity contribution in [2.45, 2.75) is 19.8 Å². The van der Waals surface area contributed by atoms with Gasteiger partial charge in [0.05, 0.1) is 49.0 Å². The number of nitrogens with two attached hydrogens (primary N) is 1. The fourth-order valence-corrected chi connectivity index (χ4v) is 5.47. The first-order valence-electron chi connectivity index (χ1n) is 11.9. The van der Waals surface area contributed by atoms with Crippen molar-refractivity contribution < 1.29 is 28.5 Å². The number of ether oxygens (including phenoxy) is 4. The summed E-state index contributed by atoms with van der Waals surface area (Å²) in [5.41, 5.74) is 7.42. The average Bonchev–Trinajstić information content (AvgIpc) is 3.24. The Morgan fingerprint density at radius 3 is 2.18 bits per heavy atom. The van der Waals surface area contributed by atoms with E-state index in [4.69, 9.17) is 24.7 Å². The van der Waals surface area contributed by atoms with Gasteiger partial charge in [-0.05, 0) is 55.3 Å². The average molecular weight is 537 g/mol. The number of carbonyl (C=O) groups excluding carboxylic acids is 2. The van der Waals surface area contributed by atoms with E-state index in [0.717, 1.165) is 16.9 Å². The molecule has 1 aromatic heterocycles. The Balaban J connectivity index is 2.11. The van der Waals surface area contributed by atoms with Crippen LogP contribution in [0.25, 0.3) is 17.5 Å². The second-order valence-electron chi connectivity index (χ2n) is 8.20. The number of esters is 2. The zero-order chi connectivity index (χ0) is 27.4. The van der Waals surface area contributed by atoms with E-state index in [1.54, 1.807) is 69.5 Å². The van der Waals surface area contributed by atoms with Gasteiger partial charge in [0, 0.05) is 0 Å². The van der Waals surface area contributed by atoms with Crippen LogP contribution >= 0.6 is 11.3 Å². The summed E-state index contributed by atoms with van der Waals surface area (Å²) in [5.74, 6) is -1.31. The van der Waals surface area contributed by atoms with Crippen molar-refractivity contribution in [2.24, 2.45) is 5.73 Å². The van der Waals surface area contributed by atoms with Gasteiger partial charge in [-0.1, -0.05) is 24.3 Å². The molecule has 0 saturated heterocycles. The van der Waals surface area contributed by atoms with Gasteiger partial charge in [-0.3, -0.25) is 9.36 Å². The minimum atomic E-state index is -0.953. The molecule has 9 nitrogen and oxygen atoms in total. The van der Waals surface area contributed by atoms with E-state index in [-0.39, 0.29) is 34.8 Å². The minimum Gasteiger partial charge on any atom is -0.497 e. The Labute approximate surface area is 223 Å². The molecule has 2 heterocycles. The highest BCUT2D eigenvalue weighted by atomic mass is 32.1. The van der Waals surface area contributed by atoms with E-state index in [1.807, 2.05) is 6.07 Å². The van der Waals surface area contributed by atoms with Crippen molar-refractivity contribution >= 4 is 40.7 Å². The quantitative estimate of drug-likeness (QED) is 0.434. The molecule has 0 aliphatic carbocycles. The van der Waals surface area contributed by atoms with E-state index >= 15 is 0 Å². The molecule has 0 saturated carbocycles.